The van der Waals surface area contributed by atoms with Gasteiger partial charge in [-0.3, -0.25) is 0 Å². The summed E-state index contributed by atoms with van der Waals surface area (Å²) in [5, 5.41) is 8.25. The first-order valence-electron chi connectivity index (χ1n) is 2.59. The van der Waals surface area contributed by atoms with Crippen LogP contribution >= 0.6 is 0 Å². The lowest BCUT2D eigenvalue weighted by Gasteiger charge is -1.95. The molecule has 0 aliphatic carbocycles. The fourth-order valence-electron chi connectivity index (χ4n) is 0.313. The first-order valence-corrected chi connectivity index (χ1v) is 2.59. The molecule has 0 saturated carbocycles. The molecule has 0 amide bonds. The van der Waals surface area contributed by atoms with Gasteiger partial charge in [0.25, 0.3) is 0 Å². The lowest BCUT2D eigenvalue weighted by Crippen LogP contribution is -2.07. The van der Waals surface area contributed by atoms with Crippen LogP contribution in [0.15, 0.2) is 36.2 Å². The Morgan fingerprint density at radius 3 is 2.20 bits per heavy atom. The van der Waals surface area contributed by atoms with Crippen LogP contribution in [0.4, 0.5) is 0 Å². The molecule has 0 aromatic rings. The molecule has 52 valence electrons. The van der Waals surface area contributed by atoms with Gasteiger partial charge in [0.1, 0.15) is 0 Å². The molecule has 3 nitrogen and oxygen atoms in total. The number of nitriles is 1. The summed E-state index contributed by atoms with van der Waals surface area (Å²) in [6.45, 7) is 6.76. The zero-order chi connectivity index (χ0) is 8.15. The van der Waals surface area contributed by atoms with E-state index in [1.54, 1.807) is 6.07 Å². The molecule has 3 heteroatoms. The minimum Gasteiger partial charge on any atom is -0.398 e. The van der Waals surface area contributed by atoms with Crippen LogP contribution in [0.2, 0.25) is 0 Å². The third-order valence-corrected chi connectivity index (χ3v) is 0.844. The molecular weight excluding hydrogens is 126 g/mol. The molecule has 0 saturated heterocycles. The molecule has 0 aromatic heterocycles. The fraction of sp³-hybridized carbons (Fsp3) is 0. The number of allylic oxidation sites excluding steroid dienone is 2. The van der Waals surface area contributed by atoms with Gasteiger partial charge in [-0.15, -0.1) is 0 Å². The molecular formula is C7H9N3. The number of hydrogen-bond acceptors (Lipinski definition) is 3. The van der Waals surface area contributed by atoms with Crippen molar-refractivity contribution in [3.63, 3.8) is 0 Å². The molecule has 0 aromatic carbocycles. The monoisotopic (exact) mass is 135 g/mol. The predicted octanol–water partition coefficient (Wildman–Crippen LogP) is 0.381. The van der Waals surface area contributed by atoms with Gasteiger partial charge in [0.15, 0.2) is 0 Å². The second-order valence-electron chi connectivity index (χ2n) is 1.76. The van der Waals surface area contributed by atoms with E-state index < -0.39 is 0 Å². The van der Waals surface area contributed by atoms with Gasteiger partial charge in [0.05, 0.1) is 11.8 Å². The highest BCUT2D eigenvalue weighted by Crippen LogP contribution is 1.97. The summed E-state index contributed by atoms with van der Waals surface area (Å²) < 4.78 is 0. The number of rotatable bonds is 2. The Morgan fingerprint density at radius 1 is 1.40 bits per heavy atom. The standard InChI is InChI=1S/C7H9N3/c1-5(4-8)3-7(10)6(2)9/h3H,1-2,9-10H2/b7-3+. The smallest absolute Gasteiger partial charge is 0.0986 e. The maximum Gasteiger partial charge on any atom is 0.0986 e. The summed E-state index contributed by atoms with van der Waals surface area (Å²) in [6.07, 6.45) is 1.38. The van der Waals surface area contributed by atoms with Crippen molar-refractivity contribution < 1.29 is 0 Å². The lowest BCUT2D eigenvalue weighted by atomic mass is 10.2. The van der Waals surface area contributed by atoms with Crippen LogP contribution in [0.25, 0.3) is 0 Å². The topological polar surface area (TPSA) is 75.8 Å². The third-order valence-electron chi connectivity index (χ3n) is 0.844. The molecule has 0 aliphatic rings. The maximum atomic E-state index is 8.25. The van der Waals surface area contributed by atoms with Crippen molar-refractivity contribution in [1.29, 1.82) is 5.26 Å². The molecule has 0 radical (unpaired) electrons. The van der Waals surface area contributed by atoms with Gasteiger partial charge in [0.2, 0.25) is 0 Å². The van der Waals surface area contributed by atoms with Crippen LogP contribution < -0.4 is 11.5 Å². The summed E-state index contributed by atoms with van der Waals surface area (Å²) in [4.78, 5) is 0. The first kappa shape index (κ1) is 8.31. The SMILES string of the molecule is C=C(C#N)/C=C(/N)C(=C)N. The molecule has 0 bridgehead atoms. The van der Waals surface area contributed by atoms with Crippen molar-refractivity contribution in [2.45, 2.75) is 0 Å². The maximum absolute atomic E-state index is 8.25. The van der Waals surface area contributed by atoms with Crippen molar-refractivity contribution in [3.05, 3.63) is 36.2 Å². The van der Waals surface area contributed by atoms with Gasteiger partial charge in [-0.1, -0.05) is 13.2 Å². The van der Waals surface area contributed by atoms with Crippen molar-refractivity contribution in [2.24, 2.45) is 11.5 Å². The summed E-state index contributed by atoms with van der Waals surface area (Å²) in [6, 6.07) is 1.80. The van der Waals surface area contributed by atoms with Crippen molar-refractivity contribution in [1.82, 2.24) is 0 Å². The average molecular weight is 135 g/mol. The zero-order valence-corrected chi connectivity index (χ0v) is 5.59. The van der Waals surface area contributed by atoms with Gasteiger partial charge in [-0.05, 0) is 6.08 Å². The second-order valence-corrected chi connectivity index (χ2v) is 1.76. The van der Waals surface area contributed by atoms with Crippen molar-refractivity contribution in [2.75, 3.05) is 0 Å². The van der Waals surface area contributed by atoms with E-state index >= 15 is 0 Å². The minimum atomic E-state index is 0.247. The minimum absolute atomic E-state index is 0.247. The molecule has 10 heavy (non-hydrogen) atoms. The van der Waals surface area contributed by atoms with Crippen LogP contribution in [-0.4, -0.2) is 0 Å². The first-order chi connectivity index (χ1) is 4.57. The predicted molar refractivity (Wildman–Crippen MR) is 40.4 cm³/mol. The molecule has 0 rings (SSSR count). The molecule has 0 spiro atoms. The number of nitrogens with zero attached hydrogens (tertiary/aromatic N) is 1. The van der Waals surface area contributed by atoms with Gasteiger partial charge >= 0.3 is 0 Å². The van der Waals surface area contributed by atoms with E-state index in [1.165, 1.54) is 6.08 Å². The molecule has 0 fully saturated rings. The van der Waals surface area contributed by atoms with Gasteiger partial charge in [-0.25, -0.2) is 0 Å². The summed E-state index contributed by atoms with van der Waals surface area (Å²) in [7, 11) is 0. The average Bonchev–Trinajstić information content (AvgIpc) is 1.87. The highest BCUT2D eigenvalue weighted by Gasteiger charge is 1.90. The van der Waals surface area contributed by atoms with Crippen molar-refractivity contribution >= 4 is 0 Å². The van der Waals surface area contributed by atoms with E-state index in [1.807, 2.05) is 0 Å². The Labute approximate surface area is 59.9 Å². The number of nitrogens with two attached hydrogens (primary N) is 2. The zero-order valence-electron chi connectivity index (χ0n) is 5.59. The molecule has 0 atom stereocenters. The summed E-state index contributed by atoms with van der Waals surface area (Å²) >= 11 is 0. The normalized spacial score (nSPS) is 10.1. The highest BCUT2D eigenvalue weighted by atomic mass is 14.7. The van der Waals surface area contributed by atoms with Crippen molar-refractivity contribution in [3.8, 4) is 6.07 Å². The van der Waals surface area contributed by atoms with E-state index in [2.05, 4.69) is 13.2 Å². The lowest BCUT2D eigenvalue weighted by molar-refractivity contribution is 1.25. The van der Waals surface area contributed by atoms with Crippen LogP contribution in [0, 0.1) is 11.3 Å². The largest absolute Gasteiger partial charge is 0.398 e. The van der Waals surface area contributed by atoms with Crippen LogP contribution in [0.5, 0.6) is 0 Å². The Kier molecular flexibility index (Phi) is 2.79. The van der Waals surface area contributed by atoms with E-state index in [9.17, 15) is 0 Å². The van der Waals surface area contributed by atoms with E-state index in [4.69, 9.17) is 16.7 Å². The second kappa shape index (κ2) is 3.36. The molecule has 0 aliphatic heterocycles. The number of hydrogen-bond donors (Lipinski definition) is 2. The van der Waals surface area contributed by atoms with E-state index in [-0.39, 0.29) is 17.0 Å². The van der Waals surface area contributed by atoms with Crippen LogP contribution in [-0.2, 0) is 0 Å². The molecule has 0 heterocycles. The molecule has 4 N–H and O–H groups in total. The van der Waals surface area contributed by atoms with Gasteiger partial charge < -0.3 is 11.5 Å². The Morgan fingerprint density at radius 2 is 1.90 bits per heavy atom. The quantitative estimate of drug-likeness (QED) is 0.424. The van der Waals surface area contributed by atoms with Gasteiger partial charge in [0, 0.05) is 11.3 Å². The summed E-state index contributed by atoms with van der Waals surface area (Å²) in [5.41, 5.74) is 11.3. The third kappa shape index (κ3) is 2.58. The highest BCUT2D eigenvalue weighted by molar-refractivity contribution is 5.37. The van der Waals surface area contributed by atoms with E-state index in [0.717, 1.165) is 0 Å². The fourth-order valence-corrected chi connectivity index (χ4v) is 0.313. The van der Waals surface area contributed by atoms with Gasteiger partial charge in [-0.2, -0.15) is 5.26 Å². The van der Waals surface area contributed by atoms with E-state index in [0.29, 0.717) is 0 Å². The van der Waals surface area contributed by atoms with Crippen LogP contribution in [0.3, 0.4) is 0 Å². The Hall–Kier alpha value is -1.69. The Bertz CT molecular complexity index is 230. The van der Waals surface area contributed by atoms with Crippen LogP contribution in [0.1, 0.15) is 0 Å². The summed E-state index contributed by atoms with van der Waals surface area (Å²) in [5.74, 6) is 0. The Balaban J connectivity index is 4.35. The molecule has 0 unspecified atom stereocenters.